The molecule has 4 N–H and O–H groups in total. The van der Waals surface area contributed by atoms with Crippen LogP contribution in [0.1, 0.15) is 22.2 Å². The average molecular weight is 308 g/mol. The normalized spacial score (nSPS) is 12.0. The minimum Gasteiger partial charge on any atom is -0.387 e. The zero-order valence-electron chi connectivity index (χ0n) is 12.3. The van der Waals surface area contributed by atoms with E-state index in [1.54, 1.807) is 0 Å². The lowest BCUT2D eigenvalue weighted by molar-refractivity contribution is 0.0912. The summed E-state index contributed by atoms with van der Waals surface area (Å²) in [7, 11) is 0. The Labute approximate surface area is 133 Å². The molecule has 0 aliphatic carbocycles. The standard InChI is InChI=1S/C17H16N4O2/c18-16-15(19-7-8-20-16)17(23)21-10-14(22)13-6-5-11-3-1-2-4-12(11)9-13/h1-9,14,22H,10H2,(H2,18,20)(H,21,23). The number of nitrogens with one attached hydrogen (secondary N) is 1. The predicted molar refractivity (Wildman–Crippen MR) is 87.7 cm³/mol. The average Bonchev–Trinajstić information content (AvgIpc) is 2.59. The summed E-state index contributed by atoms with van der Waals surface area (Å²) in [6.45, 7) is 0.0627. The fraction of sp³-hybridized carbons (Fsp3) is 0.118. The number of aliphatic hydroxyl groups is 1. The summed E-state index contributed by atoms with van der Waals surface area (Å²) in [5.74, 6) is -0.402. The number of aromatic nitrogens is 2. The number of benzene rings is 2. The maximum atomic E-state index is 12.0. The third-order valence-electron chi connectivity index (χ3n) is 3.56. The molecule has 0 fully saturated rings. The van der Waals surface area contributed by atoms with Gasteiger partial charge in [-0.2, -0.15) is 0 Å². The van der Waals surface area contributed by atoms with E-state index >= 15 is 0 Å². The van der Waals surface area contributed by atoms with Gasteiger partial charge >= 0.3 is 0 Å². The van der Waals surface area contributed by atoms with Gasteiger partial charge in [0.1, 0.15) is 0 Å². The van der Waals surface area contributed by atoms with Crippen molar-refractivity contribution in [2.75, 3.05) is 12.3 Å². The summed E-state index contributed by atoms with van der Waals surface area (Å²) >= 11 is 0. The number of carbonyl (C=O) groups excluding carboxylic acids is 1. The van der Waals surface area contributed by atoms with E-state index in [0.717, 1.165) is 16.3 Å². The van der Waals surface area contributed by atoms with Crippen molar-refractivity contribution in [3.8, 4) is 0 Å². The molecular weight excluding hydrogens is 292 g/mol. The van der Waals surface area contributed by atoms with Crippen LogP contribution in [0.5, 0.6) is 0 Å². The summed E-state index contributed by atoms with van der Waals surface area (Å²) in [4.78, 5) is 19.7. The molecule has 3 aromatic rings. The van der Waals surface area contributed by atoms with Gasteiger partial charge in [0, 0.05) is 18.9 Å². The van der Waals surface area contributed by atoms with Gasteiger partial charge in [0.05, 0.1) is 6.10 Å². The number of aliphatic hydroxyl groups excluding tert-OH is 1. The first-order chi connectivity index (χ1) is 11.1. The molecule has 0 saturated heterocycles. The van der Waals surface area contributed by atoms with Crippen molar-refractivity contribution < 1.29 is 9.90 Å². The Morgan fingerprint density at radius 3 is 2.65 bits per heavy atom. The summed E-state index contributed by atoms with van der Waals surface area (Å²) in [6.07, 6.45) is 1.99. The highest BCUT2D eigenvalue weighted by molar-refractivity contribution is 5.96. The molecule has 1 atom stereocenters. The number of carbonyl (C=O) groups is 1. The van der Waals surface area contributed by atoms with Crippen LogP contribution in [0.15, 0.2) is 54.9 Å². The molecule has 116 valence electrons. The van der Waals surface area contributed by atoms with E-state index in [1.165, 1.54) is 12.4 Å². The largest absolute Gasteiger partial charge is 0.387 e. The van der Waals surface area contributed by atoms with Crippen molar-refractivity contribution in [1.82, 2.24) is 15.3 Å². The lowest BCUT2D eigenvalue weighted by Gasteiger charge is -2.13. The Bertz CT molecular complexity index is 851. The number of nitrogen functional groups attached to an aromatic ring is 1. The van der Waals surface area contributed by atoms with E-state index in [1.807, 2.05) is 42.5 Å². The van der Waals surface area contributed by atoms with E-state index in [4.69, 9.17) is 5.73 Å². The molecule has 0 aliphatic rings. The fourth-order valence-corrected chi connectivity index (χ4v) is 2.33. The Kier molecular flexibility index (Phi) is 4.16. The van der Waals surface area contributed by atoms with E-state index in [2.05, 4.69) is 15.3 Å². The van der Waals surface area contributed by atoms with Crippen LogP contribution in [0, 0.1) is 0 Å². The van der Waals surface area contributed by atoms with Crippen molar-refractivity contribution in [3.05, 3.63) is 66.1 Å². The van der Waals surface area contributed by atoms with Crippen LogP contribution >= 0.6 is 0 Å². The Morgan fingerprint density at radius 1 is 1.13 bits per heavy atom. The van der Waals surface area contributed by atoms with E-state index < -0.39 is 12.0 Å². The van der Waals surface area contributed by atoms with Crippen LogP contribution in [-0.2, 0) is 0 Å². The zero-order chi connectivity index (χ0) is 16.2. The number of hydrogen-bond acceptors (Lipinski definition) is 5. The number of amides is 1. The molecule has 0 saturated carbocycles. The molecule has 2 aromatic carbocycles. The van der Waals surface area contributed by atoms with Gasteiger partial charge in [-0.05, 0) is 22.4 Å². The molecule has 3 rings (SSSR count). The molecular formula is C17H16N4O2. The zero-order valence-corrected chi connectivity index (χ0v) is 12.3. The summed E-state index contributed by atoms with van der Waals surface area (Å²) in [5.41, 5.74) is 6.39. The van der Waals surface area contributed by atoms with Crippen molar-refractivity contribution in [2.24, 2.45) is 0 Å². The quantitative estimate of drug-likeness (QED) is 0.680. The van der Waals surface area contributed by atoms with E-state index in [-0.39, 0.29) is 18.1 Å². The third kappa shape index (κ3) is 3.27. The number of fused-ring (bicyclic) bond motifs is 1. The van der Waals surface area contributed by atoms with Gasteiger partial charge in [0.15, 0.2) is 11.5 Å². The maximum Gasteiger partial charge on any atom is 0.273 e. The molecule has 0 bridgehead atoms. The Morgan fingerprint density at radius 2 is 1.87 bits per heavy atom. The van der Waals surface area contributed by atoms with Gasteiger partial charge in [0.2, 0.25) is 0 Å². The monoisotopic (exact) mass is 308 g/mol. The fourth-order valence-electron chi connectivity index (χ4n) is 2.33. The van der Waals surface area contributed by atoms with Crippen LogP contribution in [0.2, 0.25) is 0 Å². The van der Waals surface area contributed by atoms with Crippen LogP contribution in [0.4, 0.5) is 5.82 Å². The number of rotatable bonds is 4. The minimum atomic E-state index is -0.818. The highest BCUT2D eigenvalue weighted by Gasteiger charge is 2.14. The second kappa shape index (κ2) is 6.41. The highest BCUT2D eigenvalue weighted by atomic mass is 16.3. The van der Waals surface area contributed by atoms with Crippen LogP contribution in [-0.4, -0.2) is 27.5 Å². The Hall–Kier alpha value is -2.99. The van der Waals surface area contributed by atoms with Gasteiger partial charge in [0.25, 0.3) is 5.91 Å². The van der Waals surface area contributed by atoms with Crippen LogP contribution in [0.25, 0.3) is 10.8 Å². The van der Waals surface area contributed by atoms with Crippen molar-refractivity contribution in [1.29, 1.82) is 0 Å². The number of nitrogens with zero attached hydrogens (tertiary/aromatic N) is 2. The van der Waals surface area contributed by atoms with Crippen LogP contribution < -0.4 is 11.1 Å². The van der Waals surface area contributed by atoms with E-state index in [9.17, 15) is 9.90 Å². The summed E-state index contributed by atoms with van der Waals surface area (Å²) < 4.78 is 0. The van der Waals surface area contributed by atoms with Gasteiger partial charge in [-0.1, -0.05) is 36.4 Å². The van der Waals surface area contributed by atoms with Crippen LogP contribution in [0.3, 0.4) is 0 Å². The lowest BCUT2D eigenvalue weighted by atomic mass is 10.0. The van der Waals surface area contributed by atoms with Gasteiger partial charge in [-0.15, -0.1) is 0 Å². The molecule has 6 nitrogen and oxygen atoms in total. The van der Waals surface area contributed by atoms with Gasteiger partial charge < -0.3 is 16.2 Å². The first-order valence-corrected chi connectivity index (χ1v) is 7.16. The molecule has 0 aliphatic heterocycles. The molecule has 1 aromatic heterocycles. The van der Waals surface area contributed by atoms with Crippen molar-refractivity contribution in [3.63, 3.8) is 0 Å². The summed E-state index contributed by atoms with van der Waals surface area (Å²) in [6, 6.07) is 13.6. The minimum absolute atomic E-state index is 0.0539. The SMILES string of the molecule is Nc1nccnc1C(=O)NCC(O)c1ccc2ccccc2c1. The number of anilines is 1. The van der Waals surface area contributed by atoms with Crippen molar-refractivity contribution >= 4 is 22.5 Å². The number of nitrogens with two attached hydrogens (primary N) is 1. The first-order valence-electron chi connectivity index (χ1n) is 7.16. The van der Waals surface area contributed by atoms with Gasteiger partial charge in [-0.25, -0.2) is 9.97 Å². The van der Waals surface area contributed by atoms with Gasteiger partial charge in [-0.3, -0.25) is 4.79 Å². The molecule has 6 heteroatoms. The molecule has 0 radical (unpaired) electrons. The third-order valence-corrected chi connectivity index (χ3v) is 3.56. The highest BCUT2D eigenvalue weighted by Crippen LogP contribution is 2.20. The first kappa shape index (κ1) is 14.9. The second-order valence-electron chi connectivity index (χ2n) is 5.12. The van der Waals surface area contributed by atoms with Crippen molar-refractivity contribution in [2.45, 2.75) is 6.10 Å². The summed E-state index contributed by atoms with van der Waals surface area (Å²) in [5, 5.41) is 15.0. The second-order valence-corrected chi connectivity index (χ2v) is 5.12. The molecule has 23 heavy (non-hydrogen) atoms. The molecule has 1 unspecified atom stereocenters. The topological polar surface area (TPSA) is 101 Å². The van der Waals surface area contributed by atoms with E-state index in [0.29, 0.717) is 0 Å². The lowest BCUT2D eigenvalue weighted by Crippen LogP contribution is -2.30. The molecule has 0 spiro atoms. The Balaban J connectivity index is 1.70. The maximum absolute atomic E-state index is 12.0. The predicted octanol–water partition coefficient (Wildman–Crippen LogP) is 1.68. The smallest absolute Gasteiger partial charge is 0.273 e. The molecule has 1 heterocycles. The number of hydrogen-bond donors (Lipinski definition) is 3. The molecule has 1 amide bonds.